The van der Waals surface area contributed by atoms with E-state index in [2.05, 4.69) is 11.4 Å². The second-order valence-corrected chi connectivity index (χ2v) is 5.00. The van der Waals surface area contributed by atoms with Gasteiger partial charge in [0.25, 0.3) is 0 Å². The lowest BCUT2D eigenvalue weighted by Gasteiger charge is -2.14. The van der Waals surface area contributed by atoms with Gasteiger partial charge in [0.2, 0.25) is 0 Å². The van der Waals surface area contributed by atoms with Crippen molar-refractivity contribution in [1.82, 2.24) is 5.32 Å². The van der Waals surface area contributed by atoms with E-state index in [-0.39, 0.29) is 0 Å². The van der Waals surface area contributed by atoms with Crippen molar-refractivity contribution in [3.05, 3.63) is 58.3 Å². The molecule has 2 rings (SSSR count). The Labute approximate surface area is 110 Å². The molecule has 1 unspecified atom stereocenters. The van der Waals surface area contributed by atoms with E-state index >= 15 is 0 Å². The molecule has 1 aromatic heterocycles. The first-order chi connectivity index (χ1) is 8.77. The minimum atomic E-state index is -0.840. The van der Waals surface area contributed by atoms with Crippen LogP contribution in [-0.2, 0) is 11.2 Å². The Morgan fingerprint density at radius 2 is 2.00 bits per heavy atom. The van der Waals surface area contributed by atoms with Crippen molar-refractivity contribution in [3.8, 4) is 0 Å². The van der Waals surface area contributed by atoms with Gasteiger partial charge in [-0.05, 0) is 23.4 Å². The standard InChI is InChI=1S/C14H15NO2S/c16-14(17)13(11-5-2-1-3-6-11)15-9-8-12-7-4-10-18-12/h1-7,10,13,15H,8-9H2,(H,16,17). The smallest absolute Gasteiger partial charge is 0.325 e. The fourth-order valence-electron chi connectivity index (χ4n) is 1.79. The summed E-state index contributed by atoms with van der Waals surface area (Å²) in [5.74, 6) is -0.840. The number of carboxylic acids is 1. The van der Waals surface area contributed by atoms with E-state index in [0.717, 1.165) is 12.0 Å². The lowest BCUT2D eigenvalue weighted by atomic mass is 10.1. The molecule has 0 aliphatic carbocycles. The molecule has 0 saturated heterocycles. The van der Waals surface area contributed by atoms with Crippen LogP contribution in [0.2, 0.25) is 0 Å². The first kappa shape index (κ1) is 12.8. The SMILES string of the molecule is O=C(O)C(NCCc1cccs1)c1ccccc1. The molecular formula is C14H15NO2S. The van der Waals surface area contributed by atoms with Crippen LogP contribution in [0.15, 0.2) is 47.8 Å². The summed E-state index contributed by atoms with van der Waals surface area (Å²) in [7, 11) is 0. The van der Waals surface area contributed by atoms with Crippen LogP contribution >= 0.6 is 11.3 Å². The lowest BCUT2D eigenvalue weighted by Crippen LogP contribution is -2.30. The van der Waals surface area contributed by atoms with E-state index in [0.29, 0.717) is 6.54 Å². The summed E-state index contributed by atoms with van der Waals surface area (Å²) in [4.78, 5) is 12.5. The highest BCUT2D eigenvalue weighted by molar-refractivity contribution is 7.09. The maximum absolute atomic E-state index is 11.2. The van der Waals surface area contributed by atoms with Gasteiger partial charge in [-0.25, -0.2) is 0 Å². The Balaban J connectivity index is 1.93. The van der Waals surface area contributed by atoms with Crippen molar-refractivity contribution in [2.24, 2.45) is 0 Å². The number of nitrogens with one attached hydrogen (secondary N) is 1. The van der Waals surface area contributed by atoms with E-state index in [9.17, 15) is 9.90 Å². The van der Waals surface area contributed by atoms with Crippen molar-refractivity contribution < 1.29 is 9.90 Å². The van der Waals surface area contributed by atoms with Gasteiger partial charge < -0.3 is 10.4 Å². The van der Waals surface area contributed by atoms with Gasteiger partial charge in [0.05, 0.1) is 0 Å². The molecule has 3 nitrogen and oxygen atoms in total. The predicted molar refractivity (Wildman–Crippen MR) is 72.8 cm³/mol. The molecule has 1 atom stereocenters. The number of aliphatic carboxylic acids is 1. The zero-order valence-corrected chi connectivity index (χ0v) is 10.7. The van der Waals surface area contributed by atoms with Crippen LogP contribution in [0.5, 0.6) is 0 Å². The Hall–Kier alpha value is -1.65. The largest absolute Gasteiger partial charge is 0.480 e. The third-order valence-electron chi connectivity index (χ3n) is 2.68. The van der Waals surface area contributed by atoms with Crippen LogP contribution in [0.4, 0.5) is 0 Å². The van der Waals surface area contributed by atoms with Crippen LogP contribution in [0.25, 0.3) is 0 Å². The van der Waals surface area contributed by atoms with Crippen LogP contribution in [0, 0.1) is 0 Å². The molecule has 2 aromatic rings. The minimum absolute atomic E-state index is 0.633. The molecular weight excluding hydrogens is 246 g/mol. The Morgan fingerprint density at radius 3 is 2.61 bits per heavy atom. The predicted octanol–water partition coefficient (Wildman–Crippen LogP) is 2.71. The summed E-state index contributed by atoms with van der Waals surface area (Å²) in [5, 5.41) is 14.3. The van der Waals surface area contributed by atoms with Gasteiger partial charge in [0, 0.05) is 11.4 Å². The van der Waals surface area contributed by atoms with Gasteiger partial charge in [-0.1, -0.05) is 36.4 Å². The highest BCUT2D eigenvalue weighted by Crippen LogP contribution is 2.13. The quantitative estimate of drug-likeness (QED) is 0.840. The average Bonchev–Trinajstić information content (AvgIpc) is 2.88. The molecule has 0 spiro atoms. The molecule has 0 saturated carbocycles. The van der Waals surface area contributed by atoms with Crippen molar-refractivity contribution in [3.63, 3.8) is 0 Å². The summed E-state index contributed by atoms with van der Waals surface area (Å²) in [5.41, 5.74) is 0.788. The maximum Gasteiger partial charge on any atom is 0.325 e. The topological polar surface area (TPSA) is 49.3 Å². The van der Waals surface area contributed by atoms with Crippen LogP contribution in [-0.4, -0.2) is 17.6 Å². The van der Waals surface area contributed by atoms with Crippen LogP contribution in [0.1, 0.15) is 16.5 Å². The average molecular weight is 261 g/mol. The van der Waals surface area contributed by atoms with Crippen molar-refractivity contribution in [1.29, 1.82) is 0 Å². The number of thiophene rings is 1. The zero-order chi connectivity index (χ0) is 12.8. The second-order valence-electron chi connectivity index (χ2n) is 3.97. The first-order valence-electron chi connectivity index (χ1n) is 5.81. The summed E-state index contributed by atoms with van der Waals surface area (Å²) < 4.78 is 0. The number of benzene rings is 1. The van der Waals surface area contributed by atoms with Gasteiger partial charge in [-0.3, -0.25) is 4.79 Å². The molecule has 2 N–H and O–H groups in total. The molecule has 1 aromatic carbocycles. The summed E-state index contributed by atoms with van der Waals surface area (Å²) in [6.07, 6.45) is 0.855. The van der Waals surface area contributed by atoms with Gasteiger partial charge in [-0.2, -0.15) is 0 Å². The van der Waals surface area contributed by atoms with E-state index in [1.54, 1.807) is 11.3 Å². The van der Waals surface area contributed by atoms with E-state index in [1.807, 2.05) is 41.8 Å². The maximum atomic E-state index is 11.2. The fourth-order valence-corrected chi connectivity index (χ4v) is 2.50. The Morgan fingerprint density at radius 1 is 1.22 bits per heavy atom. The Bertz CT molecular complexity index is 482. The molecule has 4 heteroatoms. The monoisotopic (exact) mass is 261 g/mol. The van der Waals surface area contributed by atoms with Gasteiger partial charge in [-0.15, -0.1) is 11.3 Å². The van der Waals surface area contributed by atoms with Gasteiger partial charge in [0.1, 0.15) is 6.04 Å². The molecule has 1 heterocycles. The third kappa shape index (κ3) is 3.42. The fraction of sp³-hybridized carbons (Fsp3) is 0.214. The molecule has 0 aliphatic heterocycles. The molecule has 0 aliphatic rings. The van der Waals surface area contributed by atoms with Crippen molar-refractivity contribution >= 4 is 17.3 Å². The highest BCUT2D eigenvalue weighted by Gasteiger charge is 2.18. The third-order valence-corrected chi connectivity index (χ3v) is 3.62. The van der Waals surface area contributed by atoms with Crippen molar-refractivity contribution in [2.45, 2.75) is 12.5 Å². The molecule has 18 heavy (non-hydrogen) atoms. The first-order valence-corrected chi connectivity index (χ1v) is 6.69. The zero-order valence-electron chi connectivity index (χ0n) is 9.87. The summed E-state index contributed by atoms with van der Waals surface area (Å²) >= 11 is 1.69. The number of rotatable bonds is 6. The van der Waals surface area contributed by atoms with Crippen molar-refractivity contribution in [2.75, 3.05) is 6.54 Å². The lowest BCUT2D eigenvalue weighted by molar-refractivity contribution is -0.139. The summed E-state index contributed by atoms with van der Waals surface area (Å²) in [6, 6.07) is 12.7. The van der Waals surface area contributed by atoms with E-state index < -0.39 is 12.0 Å². The molecule has 0 amide bonds. The molecule has 0 bridgehead atoms. The molecule has 0 fully saturated rings. The van der Waals surface area contributed by atoms with Gasteiger partial charge in [0.15, 0.2) is 0 Å². The second kappa shape index (κ2) is 6.33. The normalized spacial score (nSPS) is 12.2. The number of carboxylic acid groups (broad SMARTS) is 1. The highest BCUT2D eigenvalue weighted by atomic mass is 32.1. The number of hydrogen-bond donors (Lipinski definition) is 2. The summed E-state index contributed by atoms with van der Waals surface area (Å²) in [6.45, 7) is 0.659. The number of hydrogen-bond acceptors (Lipinski definition) is 3. The minimum Gasteiger partial charge on any atom is -0.480 e. The van der Waals surface area contributed by atoms with Crippen LogP contribution < -0.4 is 5.32 Å². The number of carbonyl (C=O) groups is 1. The molecule has 0 radical (unpaired) electrons. The van der Waals surface area contributed by atoms with E-state index in [1.165, 1.54) is 4.88 Å². The van der Waals surface area contributed by atoms with Gasteiger partial charge >= 0.3 is 5.97 Å². The van der Waals surface area contributed by atoms with E-state index in [4.69, 9.17) is 0 Å². The molecule has 94 valence electrons. The Kier molecular flexibility index (Phi) is 4.50. The van der Waals surface area contributed by atoms with Crippen LogP contribution in [0.3, 0.4) is 0 Å².